The van der Waals surface area contributed by atoms with Gasteiger partial charge in [-0.25, -0.2) is 15.0 Å². The summed E-state index contributed by atoms with van der Waals surface area (Å²) in [6, 6.07) is 13.4. The number of aromatic amines is 1. The number of aromatic nitrogens is 4. The molecule has 0 fully saturated rings. The summed E-state index contributed by atoms with van der Waals surface area (Å²) in [5.74, 6) is 1.80. The van der Waals surface area contributed by atoms with Crippen molar-refractivity contribution in [3.05, 3.63) is 59.4 Å². The minimum Gasteiger partial charge on any atom is -0.490 e. The van der Waals surface area contributed by atoms with Gasteiger partial charge in [0, 0.05) is 0 Å². The first-order valence-corrected chi connectivity index (χ1v) is 9.14. The van der Waals surface area contributed by atoms with Crippen molar-refractivity contribution in [2.75, 3.05) is 12.0 Å². The van der Waals surface area contributed by atoms with Crippen LogP contribution in [0.1, 0.15) is 23.9 Å². The topological polar surface area (TPSA) is 110 Å². The molecule has 0 aliphatic heterocycles. The lowest BCUT2D eigenvalue weighted by Gasteiger charge is -2.11. The minimum atomic E-state index is 0.246. The Morgan fingerprint density at radius 3 is 2.83 bits per heavy atom. The molecule has 0 aliphatic rings. The lowest BCUT2D eigenvalue weighted by atomic mass is 10.2. The smallest absolute Gasteiger partial charge is 0.222 e. The van der Waals surface area contributed by atoms with Crippen molar-refractivity contribution in [2.24, 2.45) is 5.10 Å². The van der Waals surface area contributed by atoms with Gasteiger partial charge in [-0.1, -0.05) is 22.4 Å². The fraction of sp³-hybridized carbons (Fsp3) is 0.200. The first kappa shape index (κ1) is 18.5. The van der Waals surface area contributed by atoms with Gasteiger partial charge in [0.25, 0.3) is 0 Å². The summed E-state index contributed by atoms with van der Waals surface area (Å²) >= 11 is 0. The Kier molecular flexibility index (Phi) is 5.37. The van der Waals surface area contributed by atoms with Crippen LogP contribution in [0.15, 0.2) is 52.2 Å². The number of hydrogen-bond acceptors (Lipinski definition) is 8. The Hall–Kier alpha value is -3.88. The summed E-state index contributed by atoms with van der Waals surface area (Å²) in [5.41, 5.74) is 6.92. The maximum atomic E-state index is 5.81. The van der Waals surface area contributed by atoms with Gasteiger partial charge in [0.2, 0.25) is 5.95 Å². The van der Waals surface area contributed by atoms with Gasteiger partial charge in [-0.3, -0.25) is 0 Å². The van der Waals surface area contributed by atoms with Gasteiger partial charge >= 0.3 is 0 Å². The molecule has 29 heavy (non-hydrogen) atoms. The molecule has 4 aromatic rings. The number of rotatable bonds is 8. The van der Waals surface area contributed by atoms with Crippen LogP contribution < -0.4 is 14.9 Å². The predicted octanol–water partition coefficient (Wildman–Crippen LogP) is 3.68. The van der Waals surface area contributed by atoms with Crippen LogP contribution in [0.25, 0.3) is 11.0 Å². The fourth-order valence-electron chi connectivity index (χ4n) is 2.69. The fourth-order valence-corrected chi connectivity index (χ4v) is 2.69. The number of fused-ring (bicyclic) bond motifs is 1. The van der Waals surface area contributed by atoms with Crippen LogP contribution in [0.4, 0.5) is 5.95 Å². The highest BCUT2D eigenvalue weighted by Gasteiger charge is 2.10. The third-order valence-corrected chi connectivity index (χ3v) is 4.15. The molecule has 4 rings (SSSR count). The Bertz CT molecular complexity index is 1100. The summed E-state index contributed by atoms with van der Waals surface area (Å²) in [6.45, 7) is 4.49. The van der Waals surface area contributed by atoms with Crippen LogP contribution in [-0.2, 0) is 6.61 Å². The molecule has 0 bridgehead atoms. The van der Waals surface area contributed by atoms with Gasteiger partial charge in [-0.05, 0) is 49.7 Å². The molecule has 2 aromatic heterocycles. The van der Waals surface area contributed by atoms with E-state index >= 15 is 0 Å². The number of hydrazone groups is 1. The number of anilines is 1. The lowest BCUT2D eigenvalue weighted by molar-refractivity contribution is 0.253. The van der Waals surface area contributed by atoms with Gasteiger partial charge in [-0.15, -0.1) is 0 Å². The number of nitrogens with one attached hydrogen (secondary N) is 2. The van der Waals surface area contributed by atoms with Crippen molar-refractivity contribution in [3.63, 3.8) is 0 Å². The summed E-state index contributed by atoms with van der Waals surface area (Å²) in [6.07, 6.45) is 1.69. The third kappa shape index (κ3) is 4.34. The van der Waals surface area contributed by atoms with Crippen LogP contribution in [0.5, 0.6) is 11.5 Å². The zero-order valence-electron chi connectivity index (χ0n) is 16.0. The van der Waals surface area contributed by atoms with E-state index in [-0.39, 0.29) is 6.61 Å². The quantitative estimate of drug-likeness (QED) is 0.348. The van der Waals surface area contributed by atoms with Gasteiger partial charge in [0.1, 0.15) is 18.0 Å². The van der Waals surface area contributed by atoms with Crippen molar-refractivity contribution in [1.29, 1.82) is 0 Å². The second-order valence-corrected chi connectivity index (χ2v) is 6.20. The first-order chi connectivity index (χ1) is 14.2. The largest absolute Gasteiger partial charge is 0.490 e. The highest BCUT2D eigenvalue weighted by molar-refractivity contribution is 5.82. The second-order valence-electron chi connectivity index (χ2n) is 6.20. The maximum absolute atomic E-state index is 5.81. The molecule has 0 amide bonds. The molecule has 0 saturated carbocycles. The molecule has 0 unspecified atom stereocenters. The van der Waals surface area contributed by atoms with Crippen LogP contribution >= 0.6 is 0 Å². The van der Waals surface area contributed by atoms with E-state index in [4.69, 9.17) is 9.47 Å². The highest BCUT2D eigenvalue weighted by Crippen LogP contribution is 2.29. The van der Waals surface area contributed by atoms with E-state index in [1.807, 2.05) is 56.3 Å². The molecule has 2 aromatic carbocycles. The van der Waals surface area contributed by atoms with Crippen molar-refractivity contribution in [2.45, 2.75) is 20.5 Å². The molecule has 2 heterocycles. The van der Waals surface area contributed by atoms with Crippen molar-refractivity contribution < 1.29 is 14.1 Å². The molecule has 0 aliphatic carbocycles. The Balaban J connectivity index is 1.44. The van der Waals surface area contributed by atoms with Crippen LogP contribution in [0.3, 0.4) is 0 Å². The van der Waals surface area contributed by atoms with Crippen molar-refractivity contribution in [1.82, 2.24) is 20.3 Å². The van der Waals surface area contributed by atoms with E-state index in [0.717, 1.165) is 16.6 Å². The first-order valence-electron chi connectivity index (χ1n) is 9.14. The standard InChI is InChI=1S/C20H20N6O3/c1-3-27-19-10-14(8-9-18(19)28-12-17-13(2)25-29-26-17)11-21-24-20-22-15-6-4-5-7-16(15)23-20/h4-11H,3,12H2,1-2H3,(H2,22,23,24)/b21-11+. The van der Waals surface area contributed by atoms with E-state index < -0.39 is 0 Å². The average Bonchev–Trinajstić information content (AvgIpc) is 3.33. The van der Waals surface area contributed by atoms with Crippen molar-refractivity contribution in [3.8, 4) is 11.5 Å². The predicted molar refractivity (Wildman–Crippen MR) is 108 cm³/mol. The number of nitrogens with zero attached hydrogens (tertiary/aromatic N) is 4. The Labute approximate surface area is 166 Å². The molecule has 9 nitrogen and oxygen atoms in total. The Morgan fingerprint density at radius 1 is 1.14 bits per heavy atom. The minimum absolute atomic E-state index is 0.246. The molecule has 2 N–H and O–H groups in total. The average molecular weight is 392 g/mol. The zero-order valence-corrected chi connectivity index (χ0v) is 16.0. The van der Waals surface area contributed by atoms with Crippen LogP contribution in [0, 0.1) is 6.92 Å². The molecule has 9 heteroatoms. The highest BCUT2D eigenvalue weighted by atomic mass is 16.6. The van der Waals surface area contributed by atoms with E-state index in [1.54, 1.807) is 6.21 Å². The van der Waals surface area contributed by atoms with Crippen molar-refractivity contribution >= 4 is 23.2 Å². The number of ether oxygens (including phenoxy) is 2. The van der Waals surface area contributed by atoms with Crippen LogP contribution in [0.2, 0.25) is 0 Å². The molecule has 0 radical (unpaired) electrons. The normalized spacial score (nSPS) is 11.2. The molecular weight excluding hydrogens is 372 g/mol. The molecule has 148 valence electrons. The maximum Gasteiger partial charge on any atom is 0.222 e. The van der Waals surface area contributed by atoms with E-state index in [2.05, 4.69) is 35.4 Å². The summed E-state index contributed by atoms with van der Waals surface area (Å²) < 4.78 is 16.2. The lowest BCUT2D eigenvalue weighted by Crippen LogP contribution is -2.02. The van der Waals surface area contributed by atoms with Gasteiger partial charge in [0.05, 0.1) is 23.9 Å². The monoisotopic (exact) mass is 392 g/mol. The zero-order chi connectivity index (χ0) is 20.1. The summed E-state index contributed by atoms with van der Waals surface area (Å²) in [7, 11) is 0. The van der Waals surface area contributed by atoms with E-state index in [9.17, 15) is 0 Å². The van der Waals surface area contributed by atoms with E-state index in [0.29, 0.717) is 35.4 Å². The third-order valence-electron chi connectivity index (χ3n) is 4.15. The number of benzene rings is 2. The molecule has 0 spiro atoms. The van der Waals surface area contributed by atoms with Gasteiger partial charge in [0.15, 0.2) is 11.5 Å². The number of imidazole rings is 1. The molecule has 0 saturated heterocycles. The van der Waals surface area contributed by atoms with Crippen LogP contribution in [-0.4, -0.2) is 33.1 Å². The molecule has 0 atom stereocenters. The number of hydrogen-bond donors (Lipinski definition) is 2. The van der Waals surface area contributed by atoms with Gasteiger partial charge < -0.3 is 14.5 Å². The number of H-pyrrole nitrogens is 1. The second kappa shape index (κ2) is 8.42. The summed E-state index contributed by atoms with van der Waals surface area (Å²) in [4.78, 5) is 7.57. The number of para-hydroxylation sites is 2. The SMILES string of the molecule is CCOc1cc(/C=N/Nc2nc3ccccc3[nH]2)ccc1OCc1nonc1C. The van der Waals surface area contributed by atoms with E-state index in [1.165, 1.54) is 0 Å². The summed E-state index contributed by atoms with van der Waals surface area (Å²) in [5, 5.41) is 11.8. The van der Waals surface area contributed by atoms with Gasteiger partial charge in [-0.2, -0.15) is 5.10 Å². The molecular formula is C20H20N6O3. The Morgan fingerprint density at radius 2 is 2.03 bits per heavy atom. The number of aryl methyl sites for hydroxylation is 1.